The van der Waals surface area contributed by atoms with Crippen LogP contribution in [0.2, 0.25) is 0 Å². The molecule has 3 N–H and O–H groups in total. The predicted octanol–water partition coefficient (Wildman–Crippen LogP) is 5.03. The third kappa shape index (κ3) is 4.88. The number of carbonyl (C=O) groups excluding carboxylic acids is 2. The maximum absolute atomic E-state index is 13.7. The van der Waals surface area contributed by atoms with Gasteiger partial charge in [-0.25, -0.2) is 0 Å². The zero-order valence-electron chi connectivity index (χ0n) is 23.4. The van der Waals surface area contributed by atoms with E-state index in [-0.39, 0.29) is 18.4 Å². The Labute approximate surface area is 235 Å². The number of nitrogens with zero attached hydrogens (tertiary/aromatic N) is 2. The summed E-state index contributed by atoms with van der Waals surface area (Å²) in [6.07, 6.45) is 7.12. The summed E-state index contributed by atoms with van der Waals surface area (Å²) in [6, 6.07) is 14.6. The molecular weight excluding hydrogens is 500 g/mol. The zero-order chi connectivity index (χ0) is 27.8. The number of carbonyl (C=O) groups is 2. The van der Waals surface area contributed by atoms with Gasteiger partial charge in [0.2, 0.25) is 0 Å². The molecule has 0 atom stereocenters. The molecule has 208 valence electrons. The number of aliphatic hydroxyl groups is 1. The molecular formula is C33H38N4O3. The first-order valence-electron chi connectivity index (χ1n) is 14.5. The molecule has 1 aromatic heterocycles. The van der Waals surface area contributed by atoms with Crippen LogP contribution in [0.3, 0.4) is 0 Å². The second-order valence-corrected chi connectivity index (χ2v) is 11.3. The molecule has 0 aliphatic carbocycles. The molecule has 3 aromatic rings. The van der Waals surface area contributed by atoms with E-state index in [2.05, 4.69) is 21.3 Å². The molecule has 2 saturated heterocycles. The minimum absolute atomic E-state index is 0.0773. The molecule has 2 aromatic carbocycles. The number of benzene rings is 2. The second kappa shape index (κ2) is 11.1. The number of piperidine rings is 1. The van der Waals surface area contributed by atoms with Gasteiger partial charge in [0.05, 0.1) is 11.1 Å². The van der Waals surface area contributed by atoms with E-state index in [1.165, 1.54) is 25.9 Å². The number of H-pyrrole nitrogens is 1. The number of aliphatic hydroxyl groups excluding tert-OH is 1. The smallest absolute Gasteiger partial charge is 0.256 e. The number of hydrogen-bond donors (Lipinski definition) is 3. The molecule has 3 aliphatic rings. The number of rotatable bonds is 6. The first kappa shape index (κ1) is 26.5. The Bertz CT molecular complexity index is 1470. The lowest BCUT2D eigenvalue weighted by molar-refractivity contribution is -0.110. The highest BCUT2D eigenvalue weighted by Crippen LogP contribution is 2.41. The normalized spacial score (nSPS) is 18.9. The maximum Gasteiger partial charge on any atom is 0.256 e. The van der Waals surface area contributed by atoms with E-state index in [0.29, 0.717) is 18.0 Å². The van der Waals surface area contributed by atoms with Crippen molar-refractivity contribution >= 4 is 29.2 Å². The molecule has 0 spiro atoms. The number of nitrogens with one attached hydrogen (secondary N) is 2. The van der Waals surface area contributed by atoms with Crippen molar-refractivity contribution in [1.82, 2.24) is 14.8 Å². The lowest BCUT2D eigenvalue weighted by Crippen LogP contribution is -2.46. The Kier molecular flexibility index (Phi) is 7.34. The minimum Gasteiger partial charge on any atom is -0.396 e. The van der Waals surface area contributed by atoms with Gasteiger partial charge in [0.1, 0.15) is 0 Å². The summed E-state index contributed by atoms with van der Waals surface area (Å²) in [4.78, 5) is 34.9. The number of hydrogen-bond acceptors (Lipinski definition) is 4. The molecule has 2 fully saturated rings. The van der Waals surface area contributed by atoms with E-state index in [9.17, 15) is 14.7 Å². The number of fused-ring (bicyclic) bond motifs is 1. The van der Waals surface area contributed by atoms with Crippen LogP contribution in [-0.2, 0) is 11.2 Å². The van der Waals surface area contributed by atoms with E-state index in [1.54, 1.807) is 0 Å². The first-order chi connectivity index (χ1) is 19.4. The van der Waals surface area contributed by atoms with Crippen molar-refractivity contribution in [1.29, 1.82) is 0 Å². The van der Waals surface area contributed by atoms with Gasteiger partial charge in [-0.05, 0) is 93.4 Å². The highest BCUT2D eigenvalue weighted by molar-refractivity contribution is 6.36. The van der Waals surface area contributed by atoms with E-state index in [1.807, 2.05) is 61.2 Å². The second-order valence-electron chi connectivity index (χ2n) is 11.3. The number of aromatic nitrogens is 1. The largest absolute Gasteiger partial charge is 0.396 e. The van der Waals surface area contributed by atoms with Gasteiger partial charge in [-0.2, -0.15) is 0 Å². The number of anilines is 1. The van der Waals surface area contributed by atoms with Crippen LogP contribution >= 0.6 is 0 Å². The topological polar surface area (TPSA) is 88.7 Å². The van der Waals surface area contributed by atoms with Crippen molar-refractivity contribution in [3.8, 4) is 11.1 Å². The third-order valence-electron chi connectivity index (χ3n) is 8.85. The number of aryl methyl sites for hydroxylation is 1. The van der Waals surface area contributed by atoms with E-state index >= 15 is 0 Å². The number of amides is 2. The van der Waals surface area contributed by atoms with Crippen LogP contribution in [0.1, 0.15) is 64.1 Å². The average Bonchev–Trinajstić information content (AvgIpc) is 3.67. The third-order valence-corrected chi connectivity index (χ3v) is 8.85. The minimum atomic E-state index is -0.155. The van der Waals surface area contributed by atoms with Crippen LogP contribution in [0.4, 0.5) is 5.69 Å². The summed E-state index contributed by atoms with van der Waals surface area (Å²) in [5, 5.41) is 12.4. The summed E-state index contributed by atoms with van der Waals surface area (Å²) in [5.74, 6) is -0.0779. The highest BCUT2D eigenvalue weighted by Gasteiger charge is 2.32. The zero-order valence-corrected chi connectivity index (χ0v) is 23.4. The van der Waals surface area contributed by atoms with Crippen molar-refractivity contribution in [2.45, 2.75) is 52.0 Å². The molecule has 3 aliphatic heterocycles. The van der Waals surface area contributed by atoms with Gasteiger partial charge in [-0.3, -0.25) is 9.59 Å². The fraction of sp³-hybridized carbons (Fsp3) is 0.394. The van der Waals surface area contributed by atoms with Gasteiger partial charge >= 0.3 is 0 Å². The lowest BCUT2D eigenvalue weighted by atomic mass is 9.93. The summed E-state index contributed by atoms with van der Waals surface area (Å²) >= 11 is 0. The van der Waals surface area contributed by atoms with Crippen molar-refractivity contribution in [2.75, 3.05) is 38.1 Å². The Balaban J connectivity index is 1.29. The fourth-order valence-electron chi connectivity index (χ4n) is 6.73. The summed E-state index contributed by atoms with van der Waals surface area (Å²) in [6.45, 7) is 7.96. The Morgan fingerprint density at radius 2 is 1.80 bits per heavy atom. The molecule has 0 unspecified atom stereocenters. The molecule has 40 heavy (non-hydrogen) atoms. The summed E-state index contributed by atoms with van der Waals surface area (Å²) in [5.41, 5.74) is 8.43. The SMILES string of the molecule is Cc1[nH]c(C=C2C(=O)Nc3cccc(-c4cccc(CCO)c4)c32)c(C)c1C(=O)N1CCC(N2CCCC2)CC1. The van der Waals surface area contributed by atoms with E-state index < -0.39 is 0 Å². The van der Waals surface area contributed by atoms with Crippen LogP contribution in [0.15, 0.2) is 42.5 Å². The standard InChI is InChI=1S/C33H38N4O3/c1-21-29(34-22(2)30(21)33(40)37-16-11-25(12-17-37)36-14-3-4-15-36)20-27-31-26(9-6-10-28(31)35-32(27)39)24-8-5-7-23(19-24)13-18-38/h5-10,19-20,25,34,38H,3-4,11-18H2,1-2H3,(H,35,39). The molecule has 7 nitrogen and oxygen atoms in total. The molecule has 7 heteroatoms. The van der Waals surface area contributed by atoms with Crippen LogP contribution in [0.25, 0.3) is 22.8 Å². The van der Waals surface area contributed by atoms with Gasteiger partial charge < -0.3 is 25.2 Å². The van der Waals surface area contributed by atoms with Crippen molar-refractivity contribution in [3.05, 3.63) is 76.1 Å². The summed E-state index contributed by atoms with van der Waals surface area (Å²) in [7, 11) is 0. The highest BCUT2D eigenvalue weighted by atomic mass is 16.3. The van der Waals surface area contributed by atoms with Gasteiger partial charge in [-0.15, -0.1) is 0 Å². The van der Waals surface area contributed by atoms with Gasteiger partial charge in [0.15, 0.2) is 0 Å². The monoisotopic (exact) mass is 538 g/mol. The van der Waals surface area contributed by atoms with E-state index in [0.717, 1.165) is 76.4 Å². The van der Waals surface area contributed by atoms with Gasteiger partial charge in [0, 0.05) is 48.4 Å². The Hall–Kier alpha value is -3.68. The van der Waals surface area contributed by atoms with Crippen LogP contribution in [-0.4, -0.2) is 70.5 Å². The lowest BCUT2D eigenvalue weighted by Gasteiger charge is -2.36. The number of aromatic amines is 1. The van der Waals surface area contributed by atoms with Gasteiger partial charge in [-0.1, -0.05) is 36.4 Å². The summed E-state index contributed by atoms with van der Waals surface area (Å²) < 4.78 is 0. The fourth-order valence-corrected chi connectivity index (χ4v) is 6.73. The Morgan fingerprint density at radius 3 is 2.55 bits per heavy atom. The Morgan fingerprint density at radius 1 is 1.05 bits per heavy atom. The number of likely N-dealkylation sites (tertiary alicyclic amines) is 2. The van der Waals surface area contributed by atoms with Gasteiger partial charge in [0.25, 0.3) is 11.8 Å². The predicted molar refractivity (Wildman–Crippen MR) is 159 cm³/mol. The van der Waals surface area contributed by atoms with E-state index in [4.69, 9.17) is 0 Å². The molecule has 0 bridgehead atoms. The van der Waals surface area contributed by atoms with Crippen molar-refractivity contribution in [2.24, 2.45) is 0 Å². The molecule has 2 amide bonds. The maximum atomic E-state index is 13.7. The average molecular weight is 539 g/mol. The van der Waals surface area contributed by atoms with Crippen LogP contribution in [0, 0.1) is 13.8 Å². The van der Waals surface area contributed by atoms with Crippen molar-refractivity contribution < 1.29 is 14.7 Å². The molecule has 0 radical (unpaired) electrons. The molecule has 4 heterocycles. The molecule has 6 rings (SSSR count). The molecule has 0 saturated carbocycles. The van der Waals surface area contributed by atoms with Crippen LogP contribution < -0.4 is 5.32 Å². The quantitative estimate of drug-likeness (QED) is 0.384. The van der Waals surface area contributed by atoms with Crippen LogP contribution in [0.5, 0.6) is 0 Å². The van der Waals surface area contributed by atoms with Crippen molar-refractivity contribution in [3.63, 3.8) is 0 Å². The first-order valence-corrected chi connectivity index (χ1v) is 14.5.